The number of hydrogen-bond acceptors (Lipinski definition) is 4. The lowest BCUT2D eigenvalue weighted by atomic mass is 10.1. The Morgan fingerprint density at radius 2 is 1.77 bits per heavy atom. The van der Waals surface area contributed by atoms with Crippen molar-refractivity contribution in [1.29, 1.82) is 0 Å². The smallest absolute Gasteiger partial charge is 0.224 e. The predicted molar refractivity (Wildman–Crippen MR) is 101 cm³/mol. The number of carbonyl (C=O) groups excluding carboxylic acids is 2. The lowest BCUT2D eigenvalue weighted by Crippen LogP contribution is -2.28. The molecule has 2 aromatic carbocycles. The second kappa shape index (κ2) is 8.89. The summed E-state index contributed by atoms with van der Waals surface area (Å²) in [5.74, 6) is 0.982. The Kier molecular flexibility index (Phi) is 6.60. The van der Waals surface area contributed by atoms with Gasteiger partial charge in [-0.25, -0.2) is 0 Å². The third kappa shape index (κ3) is 5.24. The van der Waals surface area contributed by atoms with E-state index in [9.17, 15) is 9.59 Å². The van der Waals surface area contributed by atoms with Gasteiger partial charge in [-0.3, -0.25) is 9.59 Å². The van der Waals surface area contributed by atoms with Crippen molar-refractivity contribution in [2.75, 3.05) is 19.5 Å². The lowest BCUT2D eigenvalue weighted by molar-refractivity contribution is -0.121. The zero-order valence-electron chi connectivity index (χ0n) is 15.5. The normalized spacial score (nSPS) is 11.4. The maximum absolute atomic E-state index is 12.4. The topological polar surface area (TPSA) is 76.7 Å². The van der Waals surface area contributed by atoms with Gasteiger partial charge in [0, 0.05) is 12.6 Å². The Morgan fingerprint density at radius 1 is 1.04 bits per heavy atom. The van der Waals surface area contributed by atoms with Crippen molar-refractivity contribution in [2.24, 2.45) is 0 Å². The quantitative estimate of drug-likeness (QED) is 0.799. The predicted octanol–water partition coefficient (Wildman–Crippen LogP) is 3.08. The molecule has 0 saturated heterocycles. The Balaban J connectivity index is 2.02. The molecule has 6 heteroatoms. The first-order chi connectivity index (χ1) is 12.4. The lowest BCUT2D eigenvalue weighted by Gasteiger charge is -2.16. The van der Waals surface area contributed by atoms with Crippen LogP contribution in [0.4, 0.5) is 5.69 Å². The second-order valence-electron chi connectivity index (χ2n) is 5.96. The van der Waals surface area contributed by atoms with Gasteiger partial charge in [0.05, 0.1) is 26.7 Å². The third-order valence-corrected chi connectivity index (χ3v) is 3.90. The maximum atomic E-state index is 12.4. The molecular weight excluding hydrogens is 332 g/mol. The third-order valence-electron chi connectivity index (χ3n) is 3.90. The van der Waals surface area contributed by atoms with Crippen LogP contribution in [0.3, 0.4) is 0 Å². The van der Waals surface area contributed by atoms with Crippen LogP contribution in [-0.4, -0.2) is 26.0 Å². The van der Waals surface area contributed by atoms with E-state index in [2.05, 4.69) is 10.6 Å². The number of rotatable bonds is 7. The van der Waals surface area contributed by atoms with Crippen molar-refractivity contribution in [2.45, 2.75) is 26.3 Å². The van der Waals surface area contributed by atoms with Gasteiger partial charge in [-0.1, -0.05) is 18.2 Å². The molecule has 26 heavy (non-hydrogen) atoms. The molecule has 2 N–H and O–H groups in total. The van der Waals surface area contributed by atoms with Gasteiger partial charge in [0.15, 0.2) is 11.5 Å². The van der Waals surface area contributed by atoms with Crippen LogP contribution in [0, 0.1) is 0 Å². The Hall–Kier alpha value is -3.02. The number of benzene rings is 2. The van der Waals surface area contributed by atoms with Crippen LogP contribution in [0.2, 0.25) is 0 Å². The average Bonchev–Trinajstić information content (AvgIpc) is 2.61. The molecule has 1 atom stereocenters. The summed E-state index contributed by atoms with van der Waals surface area (Å²) in [6, 6.07) is 12.6. The van der Waals surface area contributed by atoms with E-state index >= 15 is 0 Å². The van der Waals surface area contributed by atoms with Gasteiger partial charge in [0.1, 0.15) is 0 Å². The molecule has 0 aromatic heterocycles. The summed E-state index contributed by atoms with van der Waals surface area (Å²) in [5, 5.41) is 5.71. The molecule has 2 amide bonds. The first-order valence-electron chi connectivity index (χ1n) is 8.30. The van der Waals surface area contributed by atoms with Crippen LogP contribution < -0.4 is 20.1 Å². The first-order valence-corrected chi connectivity index (χ1v) is 8.30. The highest BCUT2D eigenvalue weighted by molar-refractivity contribution is 5.88. The second-order valence-corrected chi connectivity index (χ2v) is 5.96. The fourth-order valence-corrected chi connectivity index (χ4v) is 2.64. The molecule has 0 fully saturated rings. The maximum Gasteiger partial charge on any atom is 0.224 e. The van der Waals surface area contributed by atoms with Gasteiger partial charge in [-0.2, -0.15) is 0 Å². The zero-order chi connectivity index (χ0) is 19.1. The Bertz CT molecular complexity index is 789. The minimum absolute atomic E-state index is 0.102. The number of nitrogens with one attached hydrogen (secondary N) is 2. The summed E-state index contributed by atoms with van der Waals surface area (Å²) in [5.41, 5.74) is 2.45. The van der Waals surface area contributed by atoms with Crippen LogP contribution in [-0.2, 0) is 16.0 Å². The van der Waals surface area contributed by atoms with Gasteiger partial charge in [-0.05, 0) is 42.3 Å². The molecule has 0 heterocycles. The van der Waals surface area contributed by atoms with E-state index in [1.54, 1.807) is 26.4 Å². The van der Waals surface area contributed by atoms with E-state index in [4.69, 9.17) is 9.47 Å². The summed E-state index contributed by atoms with van der Waals surface area (Å²) in [7, 11) is 3.13. The molecule has 2 rings (SSSR count). The molecule has 2 aromatic rings. The van der Waals surface area contributed by atoms with E-state index in [1.807, 2.05) is 37.3 Å². The number of hydrogen-bond donors (Lipinski definition) is 2. The molecule has 6 nitrogen and oxygen atoms in total. The van der Waals surface area contributed by atoms with Gasteiger partial charge < -0.3 is 20.1 Å². The number of amides is 2. The SMILES string of the molecule is COc1ccc(CC(=O)NC(C)c2cccc(NC(C)=O)c2)cc1OC. The molecule has 0 aliphatic rings. The van der Waals surface area contributed by atoms with E-state index in [-0.39, 0.29) is 24.3 Å². The summed E-state index contributed by atoms with van der Waals surface area (Å²) in [6.07, 6.45) is 0.232. The van der Waals surface area contributed by atoms with Gasteiger partial charge in [0.25, 0.3) is 0 Å². The van der Waals surface area contributed by atoms with Crippen molar-refractivity contribution in [3.05, 3.63) is 53.6 Å². The van der Waals surface area contributed by atoms with E-state index in [0.717, 1.165) is 11.1 Å². The first kappa shape index (κ1) is 19.3. The number of anilines is 1. The van der Waals surface area contributed by atoms with E-state index < -0.39 is 0 Å². The highest BCUT2D eigenvalue weighted by Crippen LogP contribution is 2.27. The van der Waals surface area contributed by atoms with Crippen molar-refractivity contribution in [3.63, 3.8) is 0 Å². The molecular formula is C20H24N2O4. The standard InChI is InChI=1S/C20H24N2O4/c1-13(16-6-5-7-17(12-16)22-14(2)23)21-20(24)11-15-8-9-18(25-3)19(10-15)26-4/h5-10,12-13H,11H2,1-4H3,(H,21,24)(H,22,23). The fraction of sp³-hybridized carbons (Fsp3) is 0.300. The fourth-order valence-electron chi connectivity index (χ4n) is 2.64. The molecule has 0 saturated carbocycles. The number of methoxy groups -OCH3 is 2. The molecule has 0 radical (unpaired) electrons. The average molecular weight is 356 g/mol. The highest BCUT2D eigenvalue weighted by Gasteiger charge is 2.12. The molecule has 0 aliphatic heterocycles. The zero-order valence-corrected chi connectivity index (χ0v) is 15.5. The van der Waals surface area contributed by atoms with Crippen LogP contribution in [0.1, 0.15) is 31.0 Å². The van der Waals surface area contributed by atoms with E-state index in [1.165, 1.54) is 6.92 Å². The van der Waals surface area contributed by atoms with Crippen molar-refractivity contribution in [3.8, 4) is 11.5 Å². The molecule has 0 aliphatic carbocycles. The molecule has 0 bridgehead atoms. The summed E-state index contributed by atoms with van der Waals surface area (Å²) < 4.78 is 10.5. The van der Waals surface area contributed by atoms with Crippen LogP contribution in [0.25, 0.3) is 0 Å². The Labute approximate surface area is 153 Å². The van der Waals surface area contributed by atoms with Crippen LogP contribution >= 0.6 is 0 Å². The van der Waals surface area contributed by atoms with E-state index in [0.29, 0.717) is 17.2 Å². The van der Waals surface area contributed by atoms with Gasteiger partial charge >= 0.3 is 0 Å². The van der Waals surface area contributed by atoms with Crippen molar-refractivity contribution in [1.82, 2.24) is 5.32 Å². The number of carbonyl (C=O) groups is 2. The van der Waals surface area contributed by atoms with Crippen LogP contribution in [0.5, 0.6) is 11.5 Å². The minimum Gasteiger partial charge on any atom is -0.493 e. The molecule has 1 unspecified atom stereocenters. The van der Waals surface area contributed by atoms with Gasteiger partial charge in [0.2, 0.25) is 11.8 Å². The summed E-state index contributed by atoms with van der Waals surface area (Å²) in [6.45, 7) is 3.36. The molecule has 138 valence electrons. The van der Waals surface area contributed by atoms with Crippen molar-refractivity contribution >= 4 is 17.5 Å². The highest BCUT2D eigenvalue weighted by atomic mass is 16.5. The van der Waals surface area contributed by atoms with Crippen LogP contribution in [0.15, 0.2) is 42.5 Å². The van der Waals surface area contributed by atoms with Gasteiger partial charge in [-0.15, -0.1) is 0 Å². The number of ether oxygens (including phenoxy) is 2. The largest absolute Gasteiger partial charge is 0.493 e. The molecule has 0 spiro atoms. The summed E-state index contributed by atoms with van der Waals surface area (Å²) >= 11 is 0. The summed E-state index contributed by atoms with van der Waals surface area (Å²) in [4.78, 5) is 23.5. The van der Waals surface area contributed by atoms with Crippen molar-refractivity contribution < 1.29 is 19.1 Å². The Morgan fingerprint density at radius 3 is 2.42 bits per heavy atom. The minimum atomic E-state index is -0.184. The monoisotopic (exact) mass is 356 g/mol.